The number of hydrogen-bond acceptors (Lipinski definition) is 4. The molecule has 0 radical (unpaired) electrons. The summed E-state index contributed by atoms with van der Waals surface area (Å²) < 4.78 is 10.4. The number of aromatic nitrogens is 1. The van der Waals surface area contributed by atoms with Crippen LogP contribution in [0.15, 0.2) is 34.2 Å². The van der Waals surface area contributed by atoms with Crippen molar-refractivity contribution in [3.05, 3.63) is 34.7 Å². The highest BCUT2D eigenvalue weighted by Gasteiger charge is 2.16. The molecule has 3 aromatic rings. The van der Waals surface area contributed by atoms with Crippen molar-refractivity contribution < 1.29 is 9.26 Å². The van der Waals surface area contributed by atoms with E-state index in [1.54, 1.807) is 18.4 Å². The number of rotatable bonds is 2. The van der Waals surface area contributed by atoms with Gasteiger partial charge >= 0.3 is 0 Å². The third-order valence-corrected chi connectivity index (χ3v) is 3.75. The van der Waals surface area contributed by atoms with Crippen LogP contribution in [0, 0.1) is 0 Å². The van der Waals surface area contributed by atoms with Gasteiger partial charge in [0, 0.05) is 0 Å². The normalized spacial score (nSPS) is 10.9. The fourth-order valence-corrected chi connectivity index (χ4v) is 2.70. The molecule has 0 N–H and O–H groups in total. The Bertz CT molecular complexity index is 661. The molecule has 3 rings (SSSR count). The Labute approximate surface area is 107 Å². The van der Waals surface area contributed by atoms with Crippen molar-refractivity contribution >= 4 is 33.9 Å². The van der Waals surface area contributed by atoms with Crippen molar-refractivity contribution in [2.75, 3.05) is 7.11 Å². The summed E-state index contributed by atoms with van der Waals surface area (Å²) in [5.74, 6) is 0.591. The largest absolute Gasteiger partial charge is 0.495 e. The van der Waals surface area contributed by atoms with E-state index in [-0.39, 0.29) is 0 Å². The predicted molar refractivity (Wildman–Crippen MR) is 68.9 cm³/mol. The van der Waals surface area contributed by atoms with E-state index >= 15 is 0 Å². The molecule has 5 heteroatoms. The minimum absolute atomic E-state index is 0.459. The number of fused-ring (bicyclic) bond motifs is 1. The number of nitrogens with zero attached hydrogens (tertiary/aromatic N) is 1. The van der Waals surface area contributed by atoms with Crippen LogP contribution in [0.1, 0.15) is 0 Å². The summed E-state index contributed by atoms with van der Waals surface area (Å²) in [5.41, 5.74) is 1.38. The molecular formula is C12H8ClNO2S. The van der Waals surface area contributed by atoms with Crippen LogP contribution in [0.3, 0.4) is 0 Å². The Morgan fingerprint density at radius 2 is 2.24 bits per heavy atom. The first kappa shape index (κ1) is 10.6. The molecule has 1 aromatic carbocycles. The summed E-state index contributed by atoms with van der Waals surface area (Å²) >= 11 is 7.78. The minimum Gasteiger partial charge on any atom is -0.495 e. The third kappa shape index (κ3) is 1.61. The van der Waals surface area contributed by atoms with Gasteiger partial charge in [-0.05, 0) is 23.6 Å². The molecule has 3 nitrogen and oxygen atoms in total. The molecule has 0 spiro atoms. The Balaban J connectivity index is 2.28. The smallest absolute Gasteiger partial charge is 0.189 e. The van der Waals surface area contributed by atoms with Crippen LogP contribution in [0.5, 0.6) is 5.75 Å². The highest BCUT2D eigenvalue weighted by atomic mass is 35.5. The fraction of sp³-hybridized carbons (Fsp3) is 0.0833. The van der Waals surface area contributed by atoms with Crippen LogP contribution < -0.4 is 4.74 Å². The molecule has 0 atom stereocenters. The number of hydrogen-bond donors (Lipinski definition) is 0. The fourth-order valence-electron chi connectivity index (χ4n) is 1.70. The summed E-state index contributed by atoms with van der Waals surface area (Å²) in [5, 5.41) is 7.43. The lowest BCUT2D eigenvalue weighted by Crippen LogP contribution is -1.83. The topological polar surface area (TPSA) is 35.3 Å². The first-order valence-electron chi connectivity index (χ1n) is 4.97. The monoisotopic (exact) mass is 265 g/mol. The van der Waals surface area contributed by atoms with Crippen molar-refractivity contribution in [1.29, 1.82) is 0 Å². The maximum Gasteiger partial charge on any atom is 0.189 e. The van der Waals surface area contributed by atoms with Gasteiger partial charge in [-0.15, -0.1) is 11.3 Å². The number of benzene rings is 1. The van der Waals surface area contributed by atoms with Gasteiger partial charge in [-0.25, -0.2) is 0 Å². The maximum absolute atomic E-state index is 6.16. The number of methoxy groups -OCH3 is 1. The first-order valence-corrected chi connectivity index (χ1v) is 6.23. The van der Waals surface area contributed by atoms with Crippen LogP contribution in [-0.4, -0.2) is 12.3 Å². The summed E-state index contributed by atoms with van der Waals surface area (Å²) in [6, 6.07) is 7.70. The molecule has 86 valence electrons. The van der Waals surface area contributed by atoms with Crippen LogP contribution in [0.25, 0.3) is 21.5 Å². The molecule has 0 aliphatic heterocycles. The van der Waals surface area contributed by atoms with Gasteiger partial charge in [0.15, 0.2) is 5.58 Å². The molecule has 0 bridgehead atoms. The van der Waals surface area contributed by atoms with E-state index < -0.39 is 0 Å². The van der Waals surface area contributed by atoms with Crippen LogP contribution >= 0.6 is 22.9 Å². The van der Waals surface area contributed by atoms with Crippen molar-refractivity contribution in [3.8, 4) is 16.3 Å². The van der Waals surface area contributed by atoms with Gasteiger partial charge in [0.05, 0.1) is 17.4 Å². The van der Waals surface area contributed by atoms with Gasteiger partial charge in [0.2, 0.25) is 0 Å². The maximum atomic E-state index is 6.16. The summed E-state index contributed by atoms with van der Waals surface area (Å²) in [4.78, 5) is 1.06. The van der Waals surface area contributed by atoms with E-state index in [9.17, 15) is 0 Å². The molecule has 0 saturated carbocycles. The lowest BCUT2D eigenvalue weighted by molar-refractivity contribution is 0.412. The number of ether oxygens (including phenoxy) is 1. The van der Waals surface area contributed by atoms with Gasteiger partial charge in [-0.2, -0.15) is 0 Å². The number of thiophene rings is 1. The zero-order valence-electron chi connectivity index (χ0n) is 8.94. The lowest BCUT2D eigenvalue weighted by atomic mass is 10.2. The summed E-state index contributed by atoms with van der Waals surface area (Å²) in [6.45, 7) is 0. The lowest BCUT2D eigenvalue weighted by Gasteiger charge is -2.01. The van der Waals surface area contributed by atoms with E-state index in [4.69, 9.17) is 20.9 Å². The molecule has 17 heavy (non-hydrogen) atoms. The third-order valence-electron chi connectivity index (χ3n) is 2.52. The van der Waals surface area contributed by atoms with Gasteiger partial charge in [0.25, 0.3) is 0 Å². The summed E-state index contributed by atoms with van der Waals surface area (Å²) in [7, 11) is 1.57. The van der Waals surface area contributed by atoms with E-state index in [0.717, 1.165) is 16.0 Å². The molecule has 0 aliphatic carbocycles. The molecule has 2 heterocycles. The van der Waals surface area contributed by atoms with Crippen LogP contribution in [-0.2, 0) is 0 Å². The highest BCUT2D eigenvalue weighted by molar-refractivity contribution is 7.13. The number of halogens is 1. The van der Waals surface area contributed by atoms with Crippen LogP contribution in [0.2, 0.25) is 5.02 Å². The second-order valence-electron chi connectivity index (χ2n) is 3.47. The average molecular weight is 266 g/mol. The van der Waals surface area contributed by atoms with Gasteiger partial charge in [0.1, 0.15) is 16.5 Å². The second kappa shape index (κ2) is 4.05. The standard InChI is InChI=1S/C12H8ClNO2S/c1-15-8-5-4-7-11(9-3-2-6-17-9)14-16-12(7)10(8)13/h2-6H,1H3. The van der Waals surface area contributed by atoms with Crippen LogP contribution in [0.4, 0.5) is 0 Å². The van der Waals surface area contributed by atoms with E-state index in [1.807, 2.05) is 29.6 Å². The Hall–Kier alpha value is -1.52. The Morgan fingerprint density at radius 3 is 2.94 bits per heavy atom. The van der Waals surface area contributed by atoms with Gasteiger partial charge in [-0.3, -0.25) is 0 Å². The molecular weight excluding hydrogens is 258 g/mol. The molecule has 0 aliphatic rings. The van der Waals surface area contributed by atoms with Crippen molar-refractivity contribution in [1.82, 2.24) is 5.16 Å². The highest BCUT2D eigenvalue weighted by Crippen LogP contribution is 2.38. The Kier molecular flexibility index (Phi) is 2.53. The molecule has 0 saturated heterocycles. The zero-order chi connectivity index (χ0) is 11.8. The van der Waals surface area contributed by atoms with E-state index in [2.05, 4.69) is 5.16 Å². The van der Waals surface area contributed by atoms with Crippen molar-refractivity contribution in [3.63, 3.8) is 0 Å². The molecule has 0 unspecified atom stereocenters. The molecule has 2 aromatic heterocycles. The van der Waals surface area contributed by atoms with E-state index in [1.165, 1.54) is 0 Å². The van der Waals surface area contributed by atoms with Gasteiger partial charge in [-0.1, -0.05) is 22.8 Å². The molecule has 0 fully saturated rings. The zero-order valence-corrected chi connectivity index (χ0v) is 10.5. The minimum atomic E-state index is 0.459. The second-order valence-corrected chi connectivity index (χ2v) is 4.79. The first-order chi connectivity index (χ1) is 8.31. The van der Waals surface area contributed by atoms with E-state index in [0.29, 0.717) is 16.4 Å². The Morgan fingerprint density at radius 1 is 1.35 bits per heavy atom. The predicted octanol–water partition coefficient (Wildman–Crippen LogP) is 4.22. The van der Waals surface area contributed by atoms with Crippen molar-refractivity contribution in [2.45, 2.75) is 0 Å². The van der Waals surface area contributed by atoms with Gasteiger partial charge < -0.3 is 9.26 Å². The van der Waals surface area contributed by atoms with Crippen molar-refractivity contribution in [2.24, 2.45) is 0 Å². The quantitative estimate of drug-likeness (QED) is 0.696. The molecule has 0 amide bonds. The average Bonchev–Trinajstić information content (AvgIpc) is 2.97. The summed E-state index contributed by atoms with van der Waals surface area (Å²) in [6.07, 6.45) is 0. The SMILES string of the molecule is COc1ccc2c(-c3cccs3)noc2c1Cl.